The molecular formula is C14H14AsBr2+. The molecule has 0 fully saturated rings. The Hall–Kier alpha value is -0.0416. The fraction of sp³-hybridized carbons (Fsp3) is 0.143. The Labute approximate surface area is 122 Å². The van der Waals surface area contributed by atoms with E-state index in [1.807, 2.05) is 0 Å². The molecule has 0 aromatic heterocycles. The Morgan fingerprint density at radius 1 is 0.647 bits per heavy atom. The summed E-state index contributed by atoms with van der Waals surface area (Å²) in [5.74, 6) is 0. The van der Waals surface area contributed by atoms with Crippen LogP contribution >= 0.6 is 31.9 Å². The van der Waals surface area contributed by atoms with E-state index in [9.17, 15) is 0 Å². The zero-order chi connectivity index (χ0) is 12.5. The Kier molecular flexibility index (Phi) is 4.17. The van der Waals surface area contributed by atoms with Gasteiger partial charge in [0, 0.05) is 0 Å². The van der Waals surface area contributed by atoms with E-state index in [1.165, 1.54) is 8.70 Å². The van der Waals surface area contributed by atoms with E-state index >= 15 is 0 Å². The summed E-state index contributed by atoms with van der Waals surface area (Å²) in [7, 11) is 0. The monoisotopic (exact) mass is 415 g/mol. The van der Waals surface area contributed by atoms with Gasteiger partial charge >= 0.3 is 123 Å². The van der Waals surface area contributed by atoms with Gasteiger partial charge in [-0.15, -0.1) is 0 Å². The van der Waals surface area contributed by atoms with Crippen LogP contribution in [-0.2, 0) is 0 Å². The van der Waals surface area contributed by atoms with E-state index in [0.717, 1.165) is 8.95 Å². The minimum atomic E-state index is -1.92. The average molecular weight is 417 g/mol. The van der Waals surface area contributed by atoms with E-state index in [0.29, 0.717) is 0 Å². The van der Waals surface area contributed by atoms with Crippen molar-refractivity contribution in [2.75, 3.05) is 0 Å². The second-order valence-corrected chi connectivity index (χ2v) is 14.5. The van der Waals surface area contributed by atoms with E-state index in [-0.39, 0.29) is 0 Å². The summed E-state index contributed by atoms with van der Waals surface area (Å²) >= 11 is 5.07. The van der Waals surface area contributed by atoms with E-state index < -0.39 is 13.6 Å². The van der Waals surface area contributed by atoms with Crippen molar-refractivity contribution in [1.82, 2.24) is 0 Å². The van der Waals surface area contributed by atoms with Crippen LogP contribution in [0.15, 0.2) is 57.5 Å². The predicted octanol–water partition coefficient (Wildman–Crippen LogP) is 4.03. The van der Waals surface area contributed by atoms with Crippen molar-refractivity contribution in [2.45, 2.75) is 11.4 Å². The molecule has 0 amide bonds. The topological polar surface area (TPSA) is 0 Å². The standard InChI is InChI=1S/C14H14AsBr2/c1-15(2,11-3-7-13(16)8-4-11)12-5-9-14(17)10-6-12/h3-10H,1-2H3/q+1. The maximum atomic E-state index is 3.49. The third kappa shape index (κ3) is 3.04. The first kappa shape index (κ1) is 13.4. The normalized spacial score (nSPS) is 11.5. The quantitative estimate of drug-likeness (QED) is 0.648. The molecule has 0 heterocycles. The van der Waals surface area contributed by atoms with Gasteiger partial charge in [-0.05, 0) is 0 Å². The van der Waals surface area contributed by atoms with Crippen LogP contribution in [0.4, 0.5) is 0 Å². The number of hydrogen-bond donors (Lipinski definition) is 0. The molecular weight excluding hydrogens is 403 g/mol. The van der Waals surface area contributed by atoms with Crippen LogP contribution in [0.3, 0.4) is 0 Å². The van der Waals surface area contributed by atoms with Crippen molar-refractivity contribution >= 4 is 54.1 Å². The van der Waals surface area contributed by atoms with Crippen LogP contribution in [0.2, 0.25) is 11.4 Å². The molecule has 0 unspecified atom stereocenters. The summed E-state index contributed by atoms with van der Waals surface area (Å²) in [5.41, 5.74) is 4.84. The van der Waals surface area contributed by atoms with Crippen molar-refractivity contribution in [2.24, 2.45) is 0 Å². The minimum absolute atomic E-state index is 1.15. The van der Waals surface area contributed by atoms with E-state index in [2.05, 4.69) is 91.8 Å². The molecule has 2 aromatic carbocycles. The van der Waals surface area contributed by atoms with Gasteiger partial charge < -0.3 is 0 Å². The number of benzene rings is 2. The third-order valence-corrected chi connectivity index (χ3v) is 10.7. The second-order valence-electron chi connectivity index (χ2n) is 4.41. The number of halogens is 2. The first-order chi connectivity index (χ1) is 8.00. The fourth-order valence-corrected chi connectivity index (χ4v) is 6.68. The molecule has 2 aromatic rings. The van der Waals surface area contributed by atoms with E-state index in [4.69, 9.17) is 0 Å². The average Bonchev–Trinajstić information content (AvgIpc) is 2.30. The molecule has 17 heavy (non-hydrogen) atoms. The van der Waals surface area contributed by atoms with Crippen LogP contribution in [0.25, 0.3) is 0 Å². The van der Waals surface area contributed by atoms with Crippen molar-refractivity contribution in [3.63, 3.8) is 0 Å². The molecule has 0 atom stereocenters. The van der Waals surface area contributed by atoms with Crippen molar-refractivity contribution in [1.29, 1.82) is 0 Å². The molecule has 0 spiro atoms. The van der Waals surface area contributed by atoms with Crippen molar-refractivity contribution < 1.29 is 0 Å². The molecule has 0 nitrogen and oxygen atoms in total. The fourth-order valence-electron chi connectivity index (χ4n) is 1.78. The van der Waals surface area contributed by atoms with Gasteiger partial charge in [0.1, 0.15) is 0 Å². The van der Waals surface area contributed by atoms with Gasteiger partial charge in [-0.1, -0.05) is 0 Å². The summed E-state index contributed by atoms with van der Waals surface area (Å²) < 4.78 is 5.28. The summed E-state index contributed by atoms with van der Waals surface area (Å²) in [4.78, 5) is 0. The Morgan fingerprint density at radius 3 is 1.24 bits per heavy atom. The van der Waals surface area contributed by atoms with Gasteiger partial charge in [-0.2, -0.15) is 0 Å². The Morgan fingerprint density at radius 2 is 0.941 bits per heavy atom. The predicted molar refractivity (Wildman–Crippen MR) is 85.0 cm³/mol. The molecule has 0 aliphatic rings. The molecule has 2 rings (SSSR count). The van der Waals surface area contributed by atoms with Gasteiger partial charge in [0.2, 0.25) is 0 Å². The molecule has 0 radical (unpaired) electrons. The van der Waals surface area contributed by atoms with Gasteiger partial charge in [0.25, 0.3) is 0 Å². The van der Waals surface area contributed by atoms with Crippen LogP contribution < -0.4 is 8.70 Å². The van der Waals surface area contributed by atoms with Gasteiger partial charge in [0.15, 0.2) is 0 Å². The van der Waals surface area contributed by atoms with E-state index in [1.54, 1.807) is 0 Å². The number of hydrogen-bond acceptors (Lipinski definition) is 0. The molecule has 0 saturated heterocycles. The summed E-state index contributed by atoms with van der Waals surface area (Å²) in [6.07, 6.45) is 0. The molecule has 0 bridgehead atoms. The molecule has 3 heteroatoms. The zero-order valence-electron chi connectivity index (χ0n) is 9.82. The summed E-state index contributed by atoms with van der Waals surface area (Å²) in [6.45, 7) is 0. The van der Waals surface area contributed by atoms with Gasteiger partial charge in [0.05, 0.1) is 0 Å². The molecule has 88 valence electrons. The Bertz CT molecular complexity index is 453. The van der Waals surface area contributed by atoms with Crippen LogP contribution in [0.5, 0.6) is 0 Å². The van der Waals surface area contributed by atoms with Gasteiger partial charge in [-0.25, -0.2) is 0 Å². The Balaban J connectivity index is 2.41. The SMILES string of the molecule is C[As+](C)(c1ccc(Br)cc1)c1ccc(Br)cc1. The molecule has 0 aliphatic heterocycles. The van der Waals surface area contributed by atoms with Crippen LogP contribution in [0.1, 0.15) is 0 Å². The molecule has 0 aliphatic carbocycles. The summed E-state index contributed by atoms with van der Waals surface area (Å²) in [5, 5.41) is 0. The second kappa shape index (κ2) is 5.30. The number of rotatable bonds is 2. The van der Waals surface area contributed by atoms with Crippen LogP contribution in [0, 0.1) is 0 Å². The maximum absolute atomic E-state index is 3.49. The van der Waals surface area contributed by atoms with Crippen LogP contribution in [-0.4, -0.2) is 13.6 Å². The molecule has 0 N–H and O–H groups in total. The van der Waals surface area contributed by atoms with Crippen molar-refractivity contribution in [3.05, 3.63) is 57.5 Å². The zero-order valence-corrected chi connectivity index (χ0v) is 14.9. The third-order valence-electron chi connectivity index (χ3n) is 2.94. The van der Waals surface area contributed by atoms with Gasteiger partial charge in [-0.3, -0.25) is 0 Å². The van der Waals surface area contributed by atoms with Crippen molar-refractivity contribution in [3.8, 4) is 0 Å². The summed E-state index contributed by atoms with van der Waals surface area (Å²) in [6, 6.07) is 17.5. The molecule has 0 saturated carbocycles. The first-order valence-electron chi connectivity index (χ1n) is 5.36. The first-order valence-corrected chi connectivity index (χ1v) is 12.6.